The van der Waals surface area contributed by atoms with Gasteiger partial charge in [0, 0.05) is 12.3 Å². The summed E-state index contributed by atoms with van der Waals surface area (Å²) >= 11 is 0. The highest BCUT2D eigenvalue weighted by Crippen LogP contribution is 2.20. The summed E-state index contributed by atoms with van der Waals surface area (Å²) in [6.45, 7) is 4.27. The van der Waals surface area contributed by atoms with Gasteiger partial charge >= 0.3 is 0 Å². The molecule has 1 aromatic heterocycles. The van der Waals surface area contributed by atoms with Crippen LogP contribution in [-0.2, 0) is 9.84 Å². The fourth-order valence-corrected chi connectivity index (χ4v) is 1.98. The summed E-state index contributed by atoms with van der Waals surface area (Å²) in [7, 11) is -2.96. The number of anilines is 2. The van der Waals surface area contributed by atoms with E-state index in [0.717, 1.165) is 0 Å². The molecule has 3 N–H and O–H groups in total. The van der Waals surface area contributed by atoms with Crippen molar-refractivity contribution in [3.05, 3.63) is 12.1 Å². The minimum Gasteiger partial charge on any atom is -0.476 e. The highest BCUT2D eigenvalue weighted by atomic mass is 32.2. The topological polar surface area (TPSA) is 94.3 Å². The molecule has 6 nitrogen and oxygen atoms in total. The monoisotopic (exact) mass is 273 g/mol. The Bertz CT molecular complexity index is 488. The number of hydrogen-bond acceptors (Lipinski definition) is 6. The Morgan fingerprint density at radius 2 is 2.11 bits per heavy atom. The van der Waals surface area contributed by atoms with Crippen molar-refractivity contribution in [1.82, 2.24) is 4.98 Å². The molecule has 0 radical (unpaired) electrons. The van der Waals surface area contributed by atoms with Gasteiger partial charge in [-0.05, 0) is 19.1 Å². The molecule has 0 aromatic carbocycles. The molecule has 0 bridgehead atoms. The molecule has 0 saturated heterocycles. The lowest BCUT2D eigenvalue weighted by molar-refractivity contribution is 0.329. The summed E-state index contributed by atoms with van der Waals surface area (Å²) in [4.78, 5) is 4.15. The Labute approximate surface area is 107 Å². The number of pyridine rings is 1. The molecular weight excluding hydrogens is 254 g/mol. The summed E-state index contributed by atoms with van der Waals surface area (Å²) < 4.78 is 27.9. The molecule has 1 heterocycles. The van der Waals surface area contributed by atoms with Gasteiger partial charge in [0.05, 0.1) is 18.0 Å². The van der Waals surface area contributed by atoms with Crippen LogP contribution in [0.5, 0.6) is 5.88 Å². The molecular formula is C11H19N3O3S. The van der Waals surface area contributed by atoms with Crippen molar-refractivity contribution in [3.63, 3.8) is 0 Å². The van der Waals surface area contributed by atoms with E-state index in [9.17, 15) is 8.42 Å². The first-order chi connectivity index (χ1) is 8.48. The fraction of sp³-hybridized carbons (Fsp3) is 0.545. The van der Waals surface area contributed by atoms with Crippen molar-refractivity contribution in [2.24, 2.45) is 0 Å². The van der Waals surface area contributed by atoms with Gasteiger partial charge in [0.25, 0.3) is 0 Å². The van der Waals surface area contributed by atoms with E-state index in [1.165, 1.54) is 0 Å². The standard InChI is InChI=1S/C11H19N3O3S/c1-3-17-11-9(12)5-6-10(14-11)13-7-8-18(15,16)4-2/h5-6H,3-4,7-8,12H2,1-2H3,(H,13,14). The molecule has 18 heavy (non-hydrogen) atoms. The lowest BCUT2D eigenvalue weighted by Gasteiger charge is -2.09. The van der Waals surface area contributed by atoms with Gasteiger partial charge in [0.15, 0.2) is 9.84 Å². The molecule has 0 aliphatic heterocycles. The van der Waals surface area contributed by atoms with Crippen LogP contribution in [0.2, 0.25) is 0 Å². The van der Waals surface area contributed by atoms with Crippen LogP contribution in [0.3, 0.4) is 0 Å². The molecule has 1 aromatic rings. The highest BCUT2D eigenvalue weighted by Gasteiger charge is 2.08. The minimum atomic E-state index is -2.96. The van der Waals surface area contributed by atoms with Gasteiger partial charge < -0.3 is 15.8 Å². The molecule has 0 spiro atoms. The van der Waals surface area contributed by atoms with Gasteiger partial charge in [0.2, 0.25) is 5.88 Å². The summed E-state index contributed by atoms with van der Waals surface area (Å²) in [6, 6.07) is 3.37. The maximum Gasteiger partial charge on any atom is 0.239 e. The molecule has 0 aliphatic carbocycles. The van der Waals surface area contributed by atoms with Crippen molar-refractivity contribution in [1.29, 1.82) is 0 Å². The van der Waals surface area contributed by atoms with Crippen molar-refractivity contribution in [3.8, 4) is 5.88 Å². The predicted octanol–water partition coefficient (Wildman–Crippen LogP) is 0.909. The first-order valence-corrected chi connectivity index (χ1v) is 7.64. The number of nitrogen functional groups attached to an aromatic ring is 1. The van der Waals surface area contributed by atoms with Crippen LogP contribution in [0.15, 0.2) is 12.1 Å². The van der Waals surface area contributed by atoms with Crippen molar-refractivity contribution in [2.45, 2.75) is 13.8 Å². The van der Waals surface area contributed by atoms with Crippen LogP contribution in [0.4, 0.5) is 11.5 Å². The van der Waals surface area contributed by atoms with Crippen molar-refractivity contribution >= 4 is 21.3 Å². The maximum atomic E-state index is 11.3. The first-order valence-electron chi connectivity index (χ1n) is 5.82. The first kappa shape index (κ1) is 14.6. The second kappa shape index (κ2) is 6.44. The van der Waals surface area contributed by atoms with Gasteiger partial charge in [0.1, 0.15) is 5.82 Å². The van der Waals surface area contributed by atoms with Crippen molar-refractivity contribution < 1.29 is 13.2 Å². The predicted molar refractivity (Wildman–Crippen MR) is 72.6 cm³/mol. The molecule has 0 amide bonds. The minimum absolute atomic E-state index is 0.0829. The normalized spacial score (nSPS) is 11.2. The van der Waals surface area contributed by atoms with Crippen LogP contribution in [0, 0.1) is 0 Å². The van der Waals surface area contributed by atoms with Crippen LogP contribution >= 0.6 is 0 Å². The average Bonchev–Trinajstić information content (AvgIpc) is 2.33. The Kier molecular flexibility index (Phi) is 5.21. The molecule has 1 rings (SSSR count). The second-order valence-electron chi connectivity index (χ2n) is 3.69. The van der Waals surface area contributed by atoms with Crippen LogP contribution < -0.4 is 15.8 Å². The zero-order chi connectivity index (χ0) is 13.6. The SMILES string of the molecule is CCOc1nc(NCCS(=O)(=O)CC)ccc1N. The largest absolute Gasteiger partial charge is 0.476 e. The third-order valence-electron chi connectivity index (χ3n) is 2.33. The maximum absolute atomic E-state index is 11.3. The molecule has 7 heteroatoms. The summed E-state index contributed by atoms with van der Waals surface area (Å²) in [5.41, 5.74) is 6.15. The number of sulfone groups is 1. The Morgan fingerprint density at radius 1 is 1.39 bits per heavy atom. The van der Waals surface area contributed by atoms with E-state index in [2.05, 4.69) is 10.3 Å². The average molecular weight is 273 g/mol. The smallest absolute Gasteiger partial charge is 0.239 e. The zero-order valence-corrected chi connectivity index (χ0v) is 11.5. The van der Waals surface area contributed by atoms with E-state index in [1.54, 1.807) is 19.1 Å². The van der Waals surface area contributed by atoms with E-state index in [1.807, 2.05) is 6.92 Å². The number of nitrogens with two attached hydrogens (primary N) is 1. The lowest BCUT2D eigenvalue weighted by Crippen LogP contribution is -2.17. The molecule has 0 saturated carbocycles. The van der Waals surface area contributed by atoms with Gasteiger partial charge in [-0.2, -0.15) is 4.98 Å². The van der Waals surface area contributed by atoms with Gasteiger partial charge in [-0.25, -0.2) is 8.42 Å². The molecule has 0 atom stereocenters. The third kappa shape index (κ3) is 4.40. The van der Waals surface area contributed by atoms with Gasteiger partial charge in [-0.1, -0.05) is 6.92 Å². The van der Waals surface area contributed by atoms with Crippen LogP contribution in [0.25, 0.3) is 0 Å². The second-order valence-corrected chi connectivity index (χ2v) is 6.16. The number of nitrogens with one attached hydrogen (secondary N) is 1. The Hall–Kier alpha value is -1.50. The number of nitrogens with zero attached hydrogens (tertiary/aromatic N) is 1. The van der Waals surface area contributed by atoms with E-state index >= 15 is 0 Å². The number of rotatable bonds is 7. The summed E-state index contributed by atoms with van der Waals surface area (Å²) in [5, 5.41) is 2.94. The van der Waals surface area contributed by atoms with E-state index in [0.29, 0.717) is 30.5 Å². The van der Waals surface area contributed by atoms with E-state index < -0.39 is 9.84 Å². The molecule has 102 valence electrons. The Balaban J connectivity index is 2.60. The van der Waals surface area contributed by atoms with E-state index in [-0.39, 0.29) is 11.5 Å². The van der Waals surface area contributed by atoms with Crippen LogP contribution in [-0.4, -0.2) is 38.1 Å². The van der Waals surface area contributed by atoms with Crippen molar-refractivity contribution in [2.75, 3.05) is 35.7 Å². The molecule has 0 fully saturated rings. The summed E-state index contributed by atoms with van der Waals surface area (Å²) in [5.74, 6) is 1.15. The quantitative estimate of drug-likeness (QED) is 0.767. The number of ether oxygens (including phenoxy) is 1. The number of aromatic nitrogens is 1. The summed E-state index contributed by atoms with van der Waals surface area (Å²) in [6.07, 6.45) is 0. The fourth-order valence-electron chi connectivity index (χ4n) is 1.28. The van der Waals surface area contributed by atoms with E-state index in [4.69, 9.17) is 10.5 Å². The Morgan fingerprint density at radius 3 is 2.72 bits per heavy atom. The van der Waals surface area contributed by atoms with Crippen LogP contribution in [0.1, 0.15) is 13.8 Å². The lowest BCUT2D eigenvalue weighted by atomic mass is 10.4. The molecule has 0 aliphatic rings. The zero-order valence-electron chi connectivity index (χ0n) is 10.6. The van der Waals surface area contributed by atoms with Gasteiger partial charge in [-0.3, -0.25) is 0 Å². The highest BCUT2D eigenvalue weighted by molar-refractivity contribution is 7.91. The third-order valence-corrected chi connectivity index (χ3v) is 4.04. The number of hydrogen-bond donors (Lipinski definition) is 2. The van der Waals surface area contributed by atoms with Gasteiger partial charge in [-0.15, -0.1) is 0 Å². The molecule has 0 unspecified atom stereocenters.